The summed E-state index contributed by atoms with van der Waals surface area (Å²) in [4.78, 5) is 31.3. The summed E-state index contributed by atoms with van der Waals surface area (Å²) in [6, 6.07) is 15.8. The lowest BCUT2D eigenvalue weighted by Gasteiger charge is -2.28. The fourth-order valence-electron chi connectivity index (χ4n) is 3.08. The van der Waals surface area contributed by atoms with Crippen LogP contribution < -0.4 is 10.2 Å². The molecular formula is C21H20N4O2S. The molecule has 2 heterocycles. The van der Waals surface area contributed by atoms with E-state index < -0.39 is 0 Å². The molecule has 0 bridgehead atoms. The van der Waals surface area contributed by atoms with Gasteiger partial charge in [-0.05, 0) is 23.3 Å². The van der Waals surface area contributed by atoms with Crippen LogP contribution in [0.4, 0.5) is 5.69 Å². The SMILES string of the molecule is O=C(CN1C(=O)CSc2ccccc21)NCc1ccc(Cn2ccnc2)cc1. The number of carbonyl (C=O) groups is 2. The van der Waals surface area contributed by atoms with E-state index in [-0.39, 0.29) is 18.4 Å². The molecule has 1 aromatic heterocycles. The number of amides is 2. The summed E-state index contributed by atoms with van der Waals surface area (Å²) in [5.74, 6) is 0.156. The molecule has 0 saturated carbocycles. The Morgan fingerprint density at radius 1 is 1.11 bits per heavy atom. The van der Waals surface area contributed by atoms with E-state index in [0.717, 1.165) is 22.7 Å². The molecule has 0 aliphatic carbocycles. The van der Waals surface area contributed by atoms with Crippen molar-refractivity contribution in [3.05, 3.63) is 78.4 Å². The van der Waals surface area contributed by atoms with Gasteiger partial charge in [0.1, 0.15) is 6.54 Å². The standard InChI is InChI=1S/C21H20N4O2S/c26-20(13-25-18-3-1-2-4-19(18)28-14-21(25)27)23-11-16-5-7-17(8-6-16)12-24-10-9-22-15-24/h1-10,15H,11-14H2,(H,23,26). The molecule has 0 fully saturated rings. The second-order valence-electron chi connectivity index (χ2n) is 6.56. The molecule has 28 heavy (non-hydrogen) atoms. The van der Waals surface area contributed by atoms with Crippen LogP contribution in [-0.2, 0) is 22.7 Å². The number of anilines is 1. The van der Waals surface area contributed by atoms with Crippen molar-refractivity contribution in [2.45, 2.75) is 18.0 Å². The third kappa shape index (κ3) is 4.26. The van der Waals surface area contributed by atoms with E-state index in [1.165, 1.54) is 17.3 Å². The summed E-state index contributed by atoms with van der Waals surface area (Å²) in [6.07, 6.45) is 5.47. The molecule has 1 aliphatic heterocycles. The lowest BCUT2D eigenvalue weighted by atomic mass is 10.1. The van der Waals surface area contributed by atoms with E-state index in [2.05, 4.69) is 10.3 Å². The molecule has 1 N–H and O–H groups in total. The van der Waals surface area contributed by atoms with E-state index in [4.69, 9.17) is 0 Å². The van der Waals surface area contributed by atoms with Gasteiger partial charge in [-0.1, -0.05) is 36.4 Å². The highest BCUT2D eigenvalue weighted by Gasteiger charge is 2.25. The van der Waals surface area contributed by atoms with E-state index in [0.29, 0.717) is 12.3 Å². The smallest absolute Gasteiger partial charge is 0.240 e. The number of benzene rings is 2. The average Bonchev–Trinajstić information content (AvgIpc) is 3.23. The number of aromatic nitrogens is 2. The quantitative estimate of drug-likeness (QED) is 0.700. The molecule has 0 spiro atoms. The van der Waals surface area contributed by atoms with Gasteiger partial charge >= 0.3 is 0 Å². The zero-order valence-corrected chi connectivity index (χ0v) is 16.1. The molecule has 7 heteroatoms. The second kappa shape index (κ2) is 8.31. The van der Waals surface area contributed by atoms with Crippen molar-refractivity contribution in [3.63, 3.8) is 0 Å². The number of nitrogens with one attached hydrogen (secondary N) is 1. The van der Waals surface area contributed by atoms with Gasteiger partial charge < -0.3 is 14.8 Å². The zero-order valence-electron chi connectivity index (χ0n) is 15.2. The van der Waals surface area contributed by atoms with Gasteiger partial charge in [-0.25, -0.2) is 4.98 Å². The summed E-state index contributed by atoms with van der Waals surface area (Å²) < 4.78 is 2.00. The monoisotopic (exact) mass is 392 g/mol. The number of nitrogens with zero attached hydrogens (tertiary/aromatic N) is 3. The Hall–Kier alpha value is -3.06. The van der Waals surface area contributed by atoms with Crippen LogP contribution in [0.15, 0.2) is 72.1 Å². The molecule has 4 rings (SSSR count). The first-order valence-corrected chi connectivity index (χ1v) is 10.00. The van der Waals surface area contributed by atoms with Crippen LogP contribution in [0, 0.1) is 0 Å². The zero-order chi connectivity index (χ0) is 19.3. The molecule has 3 aromatic rings. The highest BCUT2D eigenvalue weighted by Crippen LogP contribution is 2.34. The maximum atomic E-state index is 12.4. The Bertz CT molecular complexity index is 970. The van der Waals surface area contributed by atoms with Crippen LogP contribution in [-0.4, -0.2) is 33.7 Å². The Balaban J connectivity index is 1.33. The maximum Gasteiger partial charge on any atom is 0.240 e. The number of fused-ring (bicyclic) bond motifs is 1. The summed E-state index contributed by atoms with van der Waals surface area (Å²) in [5, 5.41) is 2.91. The first-order chi connectivity index (χ1) is 13.7. The Labute approximate surface area is 167 Å². The molecule has 2 aromatic carbocycles. The van der Waals surface area contributed by atoms with Crippen molar-refractivity contribution < 1.29 is 9.59 Å². The van der Waals surface area contributed by atoms with Gasteiger partial charge in [0.05, 0.1) is 17.8 Å². The van der Waals surface area contributed by atoms with E-state index in [1.54, 1.807) is 17.4 Å². The minimum atomic E-state index is -0.169. The van der Waals surface area contributed by atoms with Crippen molar-refractivity contribution in [1.29, 1.82) is 0 Å². The summed E-state index contributed by atoms with van der Waals surface area (Å²) in [6.45, 7) is 1.23. The number of thioether (sulfide) groups is 1. The van der Waals surface area contributed by atoms with Gasteiger partial charge in [-0.2, -0.15) is 0 Å². The summed E-state index contributed by atoms with van der Waals surface area (Å²) in [5.41, 5.74) is 2.99. The molecule has 0 saturated heterocycles. The molecule has 2 amide bonds. The van der Waals surface area contributed by atoms with Crippen molar-refractivity contribution in [1.82, 2.24) is 14.9 Å². The first-order valence-electron chi connectivity index (χ1n) is 9.01. The van der Waals surface area contributed by atoms with Crippen LogP contribution in [0.3, 0.4) is 0 Å². The van der Waals surface area contributed by atoms with Crippen LogP contribution in [0.5, 0.6) is 0 Å². The lowest BCUT2D eigenvalue weighted by molar-refractivity contribution is -0.123. The largest absolute Gasteiger partial charge is 0.350 e. The van der Waals surface area contributed by atoms with Gasteiger partial charge in [0.2, 0.25) is 11.8 Å². The Morgan fingerprint density at radius 3 is 2.68 bits per heavy atom. The average molecular weight is 392 g/mol. The minimum Gasteiger partial charge on any atom is -0.350 e. The topological polar surface area (TPSA) is 67.2 Å². The van der Waals surface area contributed by atoms with Gasteiger partial charge in [-0.3, -0.25) is 9.59 Å². The van der Waals surface area contributed by atoms with E-state index in [1.807, 2.05) is 59.3 Å². The van der Waals surface area contributed by atoms with E-state index >= 15 is 0 Å². The van der Waals surface area contributed by atoms with E-state index in [9.17, 15) is 9.59 Å². The lowest BCUT2D eigenvalue weighted by Crippen LogP contribution is -2.43. The normalized spacial score (nSPS) is 13.3. The second-order valence-corrected chi connectivity index (χ2v) is 7.58. The number of hydrogen-bond acceptors (Lipinski definition) is 4. The fraction of sp³-hybridized carbons (Fsp3) is 0.190. The fourth-order valence-corrected chi connectivity index (χ4v) is 4.02. The third-order valence-electron chi connectivity index (χ3n) is 4.55. The minimum absolute atomic E-state index is 0.0368. The highest BCUT2D eigenvalue weighted by atomic mass is 32.2. The number of hydrogen-bond donors (Lipinski definition) is 1. The predicted molar refractivity (Wildman–Crippen MR) is 109 cm³/mol. The van der Waals surface area contributed by atoms with Crippen LogP contribution in [0.1, 0.15) is 11.1 Å². The van der Waals surface area contributed by atoms with Gasteiger partial charge in [0, 0.05) is 30.4 Å². The van der Waals surface area contributed by atoms with Gasteiger partial charge in [0.25, 0.3) is 0 Å². The predicted octanol–water partition coefficient (Wildman–Crippen LogP) is 2.69. The van der Waals surface area contributed by atoms with Gasteiger partial charge in [-0.15, -0.1) is 11.8 Å². The maximum absolute atomic E-state index is 12.4. The highest BCUT2D eigenvalue weighted by molar-refractivity contribution is 8.00. The number of imidazole rings is 1. The molecule has 0 unspecified atom stereocenters. The molecule has 142 valence electrons. The molecule has 0 radical (unpaired) electrons. The number of carbonyl (C=O) groups excluding carboxylic acids is 2. The van der Waals surface area contributed by atoms with Crippen molar-refractivity contribution >= 4 is 29.3 Å². The third-order valence-corrected chi connectivity index (χ3v) is 5.59. The van der Waals surface area contributed by atoms with Crippen LogP contribution >= 0.6 is 11.8 Å². The Morgan fingerprint density at radius 2 is 1.89 bits per heavy atom. The first kappa shape index (κ1) is 18.3. The summed E-state index contributed by atoms with van der Waals surface area (Å²) >= 11 is 1.51. The van der Waals surface area contributed by atoms with Gasteiger partial charge in [0.15, 0.2) is 0 Å². The number of rotatable bonds is 6. The van der Waals surface area contributed by atoms with Crippen molar-refractivity contribution in [2.24, 2.45) is 0 Å². The number of para-hydroxylation sites is 1. The molecule has 0 atom stereocenters. The molecular weight excluding hydrogens is 372 g/mol. The molecule has 6 nitrogen and oxygen atoms in total. The molecule has 1 aliphatic rings. The summed E-state index contributed by atoms with van der Waals surface area (Å²) in [7, 11) is 0. The van der Waals surface area contributed by atoms with Crippen LogP contribution in [0.2, 0.25) is 0 Å². The van der Waals surface area contributed by atoms with Crippen molar-refractivity contribution in [3.8, 4) is 0 Å². The van der Waals surface area contributed by atoms with Crippen LogP contribution in [0.25, 0.3) is 0 Å². The van der Waals surface area contributed by atoms with Crippen molar-refractivity contribution in [2.75, 3.05) is 17.2 Å². The Kier molecular flexibility index (Phi) is 5.43.